The van der Waals surface area contributed by atoms with Gasteiger partial charge in [0.05, 0.1) is 5.56 Å². The first-order chi connectivity index (χ1) is 11.5. The topological polar surface area (TPSA) is 48.8 Å². The number of para-hydroxylation sites is 1. The van der Waals surface area contributed by atoms with Gasteiger partial charge in [-0.05, 0) is 48.0 Å². The third-order valence-electron chi connectivity index (χ3n) is 3.37. The second-order valence-corrected chi connectivity index (χ2v) is 5.02. The van der Waals surface area contributed by atoms with Crippen molar-refractivity contribution in [2.75, 3.05) is 0 Å². The Hall–Kier alpha value is -3.20. The van der Waals surface area contributed by atoms with Gasteiger partial charge in [-0.3, -0.25) is 0 Å². The molecule has 3 nitrogen and oxygen atoms in total. The lowest BCUT2D eigenvalue weighted by Crippen LogP contribution is -2.07. The van der Waals surface area contributed by atoms with Gasteiger partial charge in [0.1, 0.15) is 23.3 Å². The van der Waals surface area contributed by atoms with Gasteiger partial charge in [0.2, 0.25) is 0 Å². The van der Waals surface area contributed by atoms with Gasteiger partial charge in [-0.15, -0.1) is 0 Å². The van der Waals surface area contributed by atoms with Crippen molar-refractivity contribution in [1.29, 1.82) is 5.26 Å². The van der Waals surface area contributed by atoms with E-state index in [2.05, 4.69) is 4.98 Å². The molecule has 120 valence electrons. The first-order valence-electron chi connectivity index (χ1n) is 7.01. The zero-order valence-electron chi connectivity index (χ0n) is 12.3. The fourth-order valence-electron chi connectivity index (χ4n) is 2.25. The number of rotatable bonds is 3. The molecule has 3 aromatic rings. The molecule has 0 saturated carbocycles. The summed E-state index contributed by atoms with van der Waals surface area (Å²) in [4.78, 5) is 2.27. The standard InChI is InChI=1S/C18H11F3N2O/c19-18(20,21)17-13(11-22)10-16(23-17)12-6-8-15(9-7-12)24-14-4-2-1-3-5-14/h1-10,23H. The Bertz CT molecular complexity index is 875. The van der Waals surface area contributed by atoms with Gasteiger partial charge in [-0.25, -0.2) is 0 Å². The molecular weight excluding hydrogens is 317 g/mol. The van der Waals surface area contributed by atoms with E-state index < -0.39 is 17.4 Å². The highest BCUT2D eigenvalue weighted by molar-refractivity contribution is 5.64. The molecule has 0 amide bonds. The minimum absolute atomic E-state index is 0.227. The summed E-state index contributed by atoms with van der Waals surface area (Å²) in [5, 5.41) is 8.86. The maximum Gasteiger partial charge on any atom is 0.432 e. The fraction of sp³-hybridized carbons (Fsp3) is 0.0556. The summed E-state index contributed by atoms with van der Waals surface area (Å²) < 4.78 is 44.2. The van der Waals surface area contributed by atoms with Crippen LogP contribution in [-0.2, 0) is 6.18 Å². The van der Waals surface area contributed by atoms with E-state index in [9.17, 15) is 13.2 Å². The number of halogens is 3. The van der Waals surface area contributed by atoms with Gasteiger partial charge in [-0.2, -0.15) is 18.4 Å². The lowest BCUT2D eigenvalue weighted by atomic mass is 10.1. The predicted octanol–water partition coefficient (Wildman–Crippen LogP) is 5.36. The Morgan fingerprint density at radius 3 is 2.08 bits per heavy atom. The normalized spacial score (nSPS) is 11.1. The highest BCUT2D eigenvalue weighted by Gasteiger charge is 2.36. The zero-order chi connectivity index (χ0) is 17.2. The highest BCUT2D eigenvalue weighted by Crippen LogP contribution is 2.34. The molecule has 3 rings (SSSR count). The smallest absolute Gasteiger partial charge is 0.432 e. The van der Waals surface area contributed by atoms with Gasteiger partial charge >= 0.3 is 6.18 Å². The Balaban J connectivity index is 1.86. The lowest BCUT2D eigenvalue weighted by Gasteiger charge is -2.06. The molecule has 1 N–H and O–H groups in total. The van der Waals surface area contributed by atoms with Crippen molar-refractivity contribution in [3.63, 3.8) is 0 Å². The number of hydrogen-bond acceptors (Lipinski definition) is 2. The van der Waals surface area contributed by atoms with Crippen molar-refractivity contribution >= 4 is 0 Å². The number of alkyl halides is 3. The molecule has 0 aliphatic rings. The van der Waals surface area contributed by atoms with Crippen LogP contribution in [0, 0.1) is 11.3 Å². The number of H-pyrrole nitrogens is 1. The van der Waals surface area contributed by atoms with E-state index in [0.717, 1.165) is 0 Å². The second kappa shape index (κ2) is 6.13. The minimum atomic E-state index is -4.60. The Morgan fingerprint density at radius 2 is 1.54 bits per heavy atom. The van der Waals surface area contributed by atoms with E-state index >= 15 is 0 Å². The summed E-state index contributed by atoms with van der Waals surface area (Å²) in [5.41, 5.74) is -0.709. The van der Waals surface area contributed by atoms with Crippen molar-refractivity contribution in [1.82, 2.24) is 4.98 Å². The summed E-state index contributed by atoms with van der Waals surface area (Å²) in [6.45, 7) is 0. The summed E-state index contributed by atoms with van der Waals surface area (Å²) in [7, 11) is 0. The van der Waals surface area contributed by atoms with Crippen molar-refractivity contribution in [3.8, 4) is 28.8 Å². The van der Waals surface area contributed by atoms with Gasteiger partial charge in [0.25, 0.3) is 0 Å². The van der Waals surface area contributed by atoms with Crippen LogP contribution >= 0.6 is 0 Å². The van der Waals surface area contributed by atoms with Gasteiger partial charge < -0.3 is 9.72 Å². The van der Waals surface area contributed by atoms with Gasteiger partial charge in [-0.1, -0.05) is 18.2 Å². The molecular formula is C18H11F3N2O. The molecule has 0 radical (unpaired) electrons. The van der Waals surface area contributed by atoms with Crippen molar-refractivity contribution in [3.05, 3.63) is 71.9 Å². The van der Waals surface area contributed by atoms with Crippen LogP contribution in [-0.4, -0.2) is 4.98 Å². The summed E-state index contributed by atoms with van der Waals surface area (Å²) in [6.07, 6.45) is -4.60. The molecule has 0 fully saturated rings. The minimum Gasteiger partial charge on any atom is -0.457 e. The first kappa shape index (κ1) is 15.7. The monoisotopic (exact) mass is 328 g/mol. The first-order valence-corrected chi connectivity index (χ1v) is 7.01. The molecule has 1 heterocycles. The van der Waals surface area contributed by atoms with E-state index in [1.54, 1.807) is 42.5 Å². The zero-order valence-corrected chi connectivity index (χ0v) is 12.3. The van der Waals surface area contributed by atoms with Crippen LogP contribution in [0.4, 0.5) is 13.2 Å². The molecule has 0 aliphatic carbocycles. The van der Waals surface area contributed by atoms with Crippen molar-refractivity contribution < 1.29 is 17.9 Å². The van der Waals surface area contributed by atoms with Crippen LogP contribution in [0.15, 0.2) is 60.7 Å². The average Bonchev–Trinajstić information content (AvgIpc) is 3.01. The maximum atomic E-state index is 12.9. The number of nitrogens with zero attached hydrogens (tertiary/aromatic N) is 1. The molecule has 0 spiro atoms. The van der Waals surface area contributed by atoms with Gasteiger partial charge in [0.15, 0.2) is 0 Å². The number of aromatic amines is 1. The molecule has 2 aromatic carbocycles. The van der Waals surface area contributed by atoms with Crippen molar-refractivity contribution in [2.24, 2.45) is 0 Å². The largest absolute Gasteiger partial charge is 0.457 e. The average molecular weight is 328 g/mol. The molecule has 1 aromatic heterocycles. The Labute approximate surface area is 135 Å². The third kappa shape index (κ3) is 3.25. The number of ether oxygens (including phenoxy) is 1. The summed E-state index contributed by atoms with van der Waals surface area (Å²) in [5.74, 6) is 1.23. The third-order valence-corrected chi connectivity index (χ3v) is 3.37. The quantitative estimate of drug-likeness (QED) is 0.703. The number of nitrogens with one attached hydrogen (secondary N) is 1. The van der Waals surface area contributed by atoms with E-state index in [1.165, 1.54) is 6.07 Å². The molecule has 6 heteroatoms. The van der Waals surface area contributed by atoms with E-state index in [0.29, 0.717) is 17.1 Å². The Kier molecular flexibility index (Phi) is 4.00. The lowest BCUT2D eigenvalue weighted by molar-refractivity contribution is -0.140. The highest BCUT2D eigenvalue weighted by atomic mass is 19.4. The van der Waals surface area contributed by atoms with Crippen LogP contribution in [0.2, 0.25) is 0 Å². The van der Waals surface area contributed by atoms with Crippen LogP contribution in [0.25, 0.3) is 11.3 Å². The fourth-order valence-corrected chi connectivity index (χ4v) is 2.25. The molecule has 0 atom stereocenters. The SMILES string of the molecule is N#Cc1cc(-c2ccc(Oc3ccccc3)cc2)[nH]c1C(F)(F)F. The summed E-state index contributed by atoms with van der Waals surface area (Å²) in [6, 6.07) is 18.5. The molecule has 0 saturated heterocycles. The second-order valence-electron chi connectivity index (χ2n) is 5.02. The van der Waals surface area contributed by atoms with Gasteiger partial charge in [0, 0.05) is 5.69 Å². The number of hydrogen-bond donors (Lipinski definition) is 1. The van der Waals surface area contributed by atoms with E-state index in [1.807, 2.05) is 18.2 Å². The Morgan fingerprint density at radius 1 is 0.917 bits per heavy atom. The molecule has 24 heavy (non-hydrogen) atoms. The van der Waals surface area contributed by atoms with Crippen LogP contribution < -0.4 is 4.74 Å². The molecule has 0 aliphatic heterocycles. The maximum absolute atomic E-state index is 12.9. The number of aromatic nitrogens is 1. The van der Waals surface area contributed by atoms with E-state index in [-0.39, 0.29) is 5.69 Å². The van der Waals surface area contributed by atoms with Crippen molar-refractivity contribution in [2.45, 2.75) is 6.18 Å². The van der Waals surface area contributed by atoms with Crippen LogP contribution in [0.1, 0.15) is 11.3 Å². The number of nitriles is 1. The molecule has 0 unspecified atom stereocenters. The van der Waals surface area contributed by atoms with E-state index in [4.69, 9.17) is 10.00 Å². The number of benzene rings is 2. The predicted molar refractivity (Wildman–Crippen MR) is 82.5 cm³/mol. The van der Waals surface area contributed by atoms with Crippen LogP contribution in [0.3, 0.4) is 0 Å². The summed E-state index contributed by atoms with van der Waals surface area (Å²) >= 11 is 0. The molecule has 0 bridgehead atoms. The van der Waals surface area contributed by atoms with Crippen LogP contribution in [0.5, 0.6) is 11.5 Å².